The van der Waals surface area contributed by atoms with E-state index in [2.05, 4.69) is 0 Å². The van der Waals surface area contributed by atoms with E-state index >= 15 is 0 Å². The summed E-state index contributed by atoms with van der Waals surface area (Å²) in [5.74, 6) is -0.492. The van der Waals surface area contributed by atoms with E-state index < -0.39 is 11.9 Å². The average molecular weight is 334 g/mol. The maximum absolute atomic E-state index is 13.1. The van der Waals surface area contributed by atoms with Gasteiger partial charge in [-0.25, -0.2) is 4.98 Å². The minimum absolute atomic E-state index is 0.000723. The van der Waals surface area contributed by atoms with E-state index in [1.165, 1.54) is 11.3 Å². The summed E-state index contributed by atoms with van der Waals surface area (Å²) in [5, 5.41) is 10.1. The van der Waals surface area contributed by atoms with Gasteiger partial charge in [-0.05, 0) is 38.7 Å². The van der Waals surface area contributed by atoms with Crippen LogP contribution in [0.1, 0.15) is 74.7 Å². The first kappa shape index (κ1) is 16.2. The van der Waals surface area contributed by atoms with Crippen LogP contribution in [-0.2, 0) is 11.2 Å². The second-order valence-electron chi connectivity index (χ2n) is 6.80. The van der Waals surface area contributed by atoms with Crippen molar-refractivity contribution < 1.29 is 9.90 Å². The molecule has 5 nitrogen and oxygen atoms in total. The van der Waals surface area contributed by atoms with Crippen molar-refractivity contribution in [3.63, 3.8) is 0 Å². The first-order chi connectivity index (χ1) is 10.8. The molecule has 6 heteroatoms. The van der Waals surface area contributed by atoms with Gasteiger partial charge in [0.1, 0.15) is 10.7 Å². The van der Waals surface area contributed by atoms with Crippen LogP contribution >= 0.6 is 11.3 Å². The van der Waals surface area contributed by atoms with Crippen molar-refractivity contribution in [2.45, 2.75) is 64.8 Å². The number of carbonyl (C=O) groups is 1. The summed E-state index contributed by atoms with van der Waals surface area (Å²) < 4.78 is 1.73. The number of aliphatic carboxylic acids is 1. The molecule has 0 saturated heterocycles. The van der Waals surface area contributed by atoms with Crippen molar-refractivity contribution in [3.05, 3.63) is 26.6 Å². The molecule has 0 fully saturated rings. The number of nitrogens with zero attached hydrogens (tertiary/aromatic N) is 2. The SMILES string of the molecule is CC(C)c1nc2sc3c(c2c(=O)n1C(C)C)C(C(=O)O)CCC3. The first-order valence-corrected chi connectivity index (χ1v) is 8.95. The van der Waals surface area contributed by atoms with Crippen molar-refractivity contribution in [2.75, 3.05) is 0 Å². The van der Waals surface area contributed by atoms with Crippen LogP contribution in [0.3, 0.4) is 0 Å². The standard InChI is InChI=1S/C17H22N2O3S/c1-8(2)14-18-15-13(16(20)19(14)9(3)4)12-10(17(21)22)6-5-7-11(12)23-15/h8-10H,5-7H2,1-4H3,(H,21,22). The quantitative estimate of drug-likeness (QED) is 0.929. The van der Waals surface area contributed by atoms with Crippen LogP contribution in [0.5, 0.6) is 0 Å². The number of thiophene rings is 1. The predicted molar refractivity (Wildman–Crippen MR) is 91.7 cm³/mol. The summed E-state index contributed by atoms with van der Waals surface area (Å²) in [4.78, 5) is 31.2. The second kappa shape index (κ2) is 5.74. The molecule has 0 amide bonds. The molecule has 1 N–H and O–H groups in total. The molecule has 0 spiro atoms. The summed E-state index contributed by atoms with van der Waals surface area (Å²) in [5.41, 5.74) is 0.644. The molecule has 1 atom stereocenters. The highest BCUT2D eigenvalue weighted by Gasteiger charge is 2.33. The monoisotopic (exact) mass is 334 g/mol. The van der Waals surface area contributed by atoms with Crippen LogP contribution < -0.4 is 5.56 Å². The van der Waals surface area contributed by atoms with Crippen molar-refractivity contribution >= 4 is 27.5 Å². The predicted octanol–water partition coefficient (Wildman–Crippen LogP) is 3.67. The van der Waals surface area contributed by atoms with Gasteiger partial charge in [-0.1, -0.05) is 13.8 Å². The zero-order valence-electron chi connectivity index (χ0n) is 13.9. The first-order valence-electron chi connectivity index (χ1n) is 8.13. The van der Waals surface area contributed by atoms with E-state index in [0.717, 1.165) is 29.1 Å². The number of rotatable bonds is 3. The van der Waals surface area contributed by atoms with Gasteiger partial charge in [0.05, 0.1) is 11.3 Å². The van der Waals surface area contributed by atoms with Crippen LogP contribution in [0.25, 0.3) is 10.2 Å². The summed E-state index contributed by atoms with van der Waals surface area (Å²) in [6.45, 7) is 7.99. The van der Waals surface area contributed by atoms with E-state index in [-0.39, 0.29) is 17.5 Å². The van der Waals surface area contributed by atoms with Gasteiger partial charge in [-0.2, -0.15) is 0 Å². The lowest BCUT2D eigenvalue weighted by molar-refractivity contribution is -0.139. The van der Waals surface area contributed by atoms with Gasteiger partial charge in [-0.3, -0.25) is 14.2 Å². The molecule has 0 aliphatic heterocycles. The highest BCUT2D eigenvalue weighted by atomic mass is 32.1. The Morgan fingerprint density at radius 3 is 2.61 bits per heavy atom. The van der Waals surface area contributed by atoms with Crippen molar-refractivity contribution in [2.24, 2.45) is 0 Å². The Hall–Kier alpha value is -1.69. The van der Waals surface area contributed by atoms with Crippen LogP contribution in [0.15, 0.2) is 4.79 Å². The molecule has 23 heavy (non-hydrogen) atoms. The Morgan fingerprint density at radius 1 is 1.35 bits per heavy atom. The highest BCUT2D eigenvalue weighted by Crippen LogP contribution is 2.41. The van der Waals surface area contributed by atoms with Gasteiger partial charge < -0.3 is 5.11 Å². The third kappa shape index (κ3) is 2.49. The zero-order valence-corrected chi connectivity index (χ0v) is 14.7. The van der Waals surface area contributed by atoms with Gasteiger partial charge in [-0.15, -0.1) is 11.3 Å². The van der Waals surface area contributed by atoms with E-state index in [1.807, 2.05) is 27.7 Å². The van der Waals surface area contributed by atoms with Crippen molar-refractivity contribution in [1.82, 2.24) is 9.55 Å². The molecule has 0 radical (unpaired) electrons. The Bertz CT molecular complexity index is 832. The molecule has 1 unspecified atom stereocenters. The minimum atomic E-state index is -0.839. The van der Waals surface area contributed by atoms with Gasteiger partial charge in [0.25, 0.3) is 5.56 Å². The number of hydrogen-bond acceptors (Lipinski definition) is 4. The average Bonchev–Trinajstić information content (AvgIpc) is 2.84. The van der Waals surface area contributed by atoms with E-state index in [9.17, 15) is 14.7 Å². The second-order valence-corrected chi connectivity index (χ2v) is 7.88. The molecule has 2 heterocycles. The topological polar surface area (TPSA) is 72.2 Å². The lowest BCUT2D eigenvalue weighted by atomic mass is 9.86. The maximum atomic E-state index is 13.1. The molecular formula is C17H22N2O3S. The number of carboxylic acids is 1. The molecular weight excluding hydrogens is 312 g/mol. The Morgan fingerprint density at radius 2 is 2.04 bits per heavy atom. The maximum Gasteiger partial charge on any atom is 0.311 e. The molecule has 1 aliphatic carbocycles. The molecule has 2 aromatic rings. The zero-order chi connectivity index (χ0) is 16.9. The van der Waals surface area contributed by atoms with E-state index in [4.69, 9.17) is 4.98 Å². The van der Waals surface area contributed by atoms with Crippen LogP contribution in [0, 0.1) is 0 Å². The van der Waals surface area contributed by atoms with Gasteiger partial charge >= 0.3 is 5.97 Å². The van der Waals surface area contributed by atoms with Gasteiger partial charge in [0.15, 0.2) is 0 Å². The Labute approximate surface area is 139 Å². The van der Waals surface area contributed by atoms with Gasteiger partial charge in [0.2, 0.25) is 0 Å². The normalized spacial score (nSPS) is 17.9. The van der Waals surface area contributed by atoms with Crippen molar-refractivity contribution in [1.29, 1.82) is 0 Å². The molecule has 124 valence electrons. The summed E-state index contributed by atoms with van der Waals surface area (Å²) >= 11 is 1.50. The fourth-order valence-electron chi connectivity index (χ4n) is 3.46. The number of carboxylic acid groups (broad SMARTS) is 1. The van der Waals surface area contributed by atoms with Crippen molar-refractivity contribution in [3.8, 4) is 0 Å². The van der Waals surface area contributed by atoms with E-state index in [1.54, 1.807) is 4.57 Å². The molecule has 1 aliphatic rings. The smallest absolute Gasteiger partial charge is 0.311 e. The largest absolute Gasteiger partial charge is 0.481 e. The third-order valence-corrected chi connectivity index (χ3v) is 5.63. The Balaban J connectivity index is 2.40. The van der Waals surface area contributed by atoms with E-state index in [0.29, 0.717) is 16.6 Å². The number of fused-ring (bicyclic) bond motifs is 3. The molecule has 0 saturated carbocycles. The van der Waals surface area contributed by atoms with Gasteiger partial charge in [0, 0.05) is 16.8 Å². The van der Waals surface area contributed by atoms with Crippen LogP contribution in [0.4, 0.5) is 0 Å². The summed E-state index contributed by atoms with van der Waals surface area (Å²) in [7, 11) is 0. The third-order valence-electron chi connectivity index (χ3n) is 4.48. The fraction of sp³-hybridized carbons (Fsp3) is 0.588. The lowest BCUT2D eigenvalue weighted by Gasteiger charge is -2.20. The fourth-order valence-corrected chi connectivity index (χ4v) is 4.74. The summed E-state index contributed by atoms with van der Waals surface area (Å²) in [6.07, 6.45) is 2.30. The lowest BCUT2D eigenvalue weighted by Crippen LogP contribution is -2.28. The van der Waals surface area contributed by atoms with Crippen LogP contribution in [0.2, 0.25) is 0 Å². The number of hydrogen-bond donors (Lipinski definition) is 1. The summed E-state index contributed by atoms with van der Waals surface area (Å²) in [6, 6.07) is -0.000723. The minimum Gasteiger partial charge on any atom is -0.481 e. The molecule has 2 aromatic heterocycles. The number of aromatic nitrogens is 2. The Kier molecular flexibility index (Phi) is 4.04. The number of aryl methyl sites for hydroxylation is 1. The molecule has 3 rings (SSSR count). The van der Waals surface area contributed by atoms with Crippen LogP contribution in [-0.4, -0.2) is 20.6 Å². The highest BCUT2D eigenvalue weighted by molar-refractivity contribution is 7.18. The molecule has 0 aromatic carbocycles. The molecule has 0 bridgehead atoms.